The number of halogens is 1. The van der Waals surface area contributed by atoms with Gasteiger partial charge < -0.3 is 14.7 Å². The Morgan fingerprint density at radius 1 is 1.18 bits per heavy atom. The van der Waals surface area contributed by atoms with Gasteiger partial charge >= 0.3 is 11.9 Å². The molecule has 0 atom stereocenters. The quantitative estimate of drug-likeness (QED) is 0.280. The molecule has 7 nitrogen and oxygen atoms in total. The van der Waals surface area contributed by atoms with E-state index in [2.05, 4.69) is 4.98 Å². The van der Waals surface area contributed by atoms with Gasteiger partial charge in [-0.25, -0.2) is 14.2 Å². The SMILES string of the molecule is CCOC(=O)CC(=O)N(CCCSC)c1cc(Cc2ccc(CC)cc2F)cnc1C(=O)O. The number of amides is 1. The van der Waals surface area contributed by atoms with Gasteiger partial charge in [0.1, 0.15) is 12.2 Å². The minimum atomic E-state index is -1.30. The van der Waals surface area contributed by atoms with E-state index >= 15 is 0 Å². The molecular weight excluding hydrogens is 447 g/mol. The fourth-order valence-corrected chi connectivity index (χ4v) is 3.73. The van der Waals surface area contributed by atoms with Crippen LogP contribution in [-0.2, 0) is 27.2 Å². The number of aromatic carboxylic acids is 1. The van der Waals surface area contributed by atoms with Gasteiger partial charge in [0, 0.05) is 19.2 Å². The van der Waals surface area contributed by atoms with Crippen LogP contribution in [0.15, 0.2) is 30.5 Å². The molecule has 0 saturated heterocycles. The standard InChI is InChI=1S/C24H29FN2O5S/c1-4-16-7-8-18(19(25)12-16)11-17-13-20(23(24(30)31)26-15-17)27(9-6-10-33-3)21(28)14-22(29)32-5-2/h7-8,12-13,15H,4-6,9-11,14H2,1-3H3,(H,30,31). The summed E-state index contributed by atoms with van der Waals surface area (Å²) < 4.78 is 19.4. The van der Waals surface area contributed by atoms with Crippen LogP contribution in [0.4, 0.5) is 10.1 Å². The van der Waals surface area contributed by atoms with E-state index < -0.39 is 24.3 Å². The van der Waals surface area contributed by atoms with Crippen molar-refractivity contribution >= 4 is 35.3 Å². The second-order valence-corrected chi connectivity index (χ2v) is 8.33. The summed E-state index contributed by atoms with van der Waals surface area (Å²) in [5.41, 5.74) is 1.65. The normalized spacial score (nSPS) is 10.7. The second kappa shape index (κ2) is 12.9. The van der Waals surface area contributed by atoms with Gasteiger partial charge in [0.15, 0.2) is 5.69 Å². The van der Waals surface area contributed by atoms with Gasteiger partial charge in [-0.1, -0.05) is 19.1 Å². The summed E-state index contributed by atoms with van der Waals surface area (Å²) in [5, 5.41) is 9.66. The van der Waals surface area contributed by atoms with Gasteiger partial charge in [-0.05, 0) is 60.6 Å². The molecule has 178 valence electrons. The number of carboxylic acids is 1. The number of carbonyl (C=O) groups excluding carboxylic acids is 2. The van der Waals surface area contributed by atoms with Gasteiger partial charge in [-0.3, -0.25) is 9.59 Å². The molecule has 0 bridgehead atoms. The second-order valence-electron chi connectivity index (χ2n) is 7.35. The van der Waals surface area contributed by atoms with Crippen molar-refractivity contribution in [2.45, 2.75) is 39.5 Å². The molecule has 0 unspecified atom stereocenters. The molecule has 1 N–H and O–H groups in total. The predicted molar refractivity (Wildman–Crippen MR) is 126 cm³/mol. The van der Waals surface area contributed by atoms with Crippen molar-refractivity contribution in [3.63, 3.8) is 0 Å². The molecule has 0 radical (unpaired) electrons. The van der Waals surface area contributed by atoms with Crippen LogP contribution in [0.2, 0.25) is 0 Å². The summed E-state index contributed by atoms with van der Waals surface area (Å²) in [6.07, 6.45) is 4.27. The van der Waals surface area contributed by atoms with Crippen LogP contribution >= 0.6 is 11.8 Å². The first-order chi connectivity index (χ1) is 15.8. The number of anilines is 1. The summed E-state index contributed by atoms with van der Waals surface area (Å²) in [5.74, 6) is -2.17. The average molecular weight is 477 g/mol. The number of benzene rings is 1. The first-order valence-electron chi connectivity index (χ1n) is 10.7. The molecule has 33 heavy (non-hydrogen) atoms. The van der Waals surface area contributed by atoms with E-state index in [0.29, 0.717) is 24.0 Å². The summed E-state index contributed by atoms with van der Waals surface area (Å²) in [4.78, 5) is 42.0. The monoisotopic (exact) mass is 476 g/mol. The lowest BCUT2D eigenvalue weighted by atomic mass is 10.0. The van der Waals surface area contributed by atoms with E-state index in [1.807, 2.05) is 19.2 Å². The maximum absolute atomic E-state index is 14.5. The molecule has 0 saturated carbocycles. The van der Waals surface area contributed by atoms with Crippen molar-refractivity contribution in [1.82, 2.24) is 4.98 Å². The summed E-state index contributed by atoms with van der Waals surface area (Å²) in [7, 11) is 0. The molecule has 1 amide bonds. The molecule has 0 aliphatic carbocycles. The highest BCUT2D eigenvalue weighted by atomic mass is 32.2. The van der Waals surface area contributed by atoms with Crippen LogP contribution in [0.25, 0.3) is 0 Å². The zero-order chi connectivity index (χ0) is 24.4. The average Bonchev–Trinajstić information content (AvgIpc) is 2.78. The number of carbonyl (C=O) groups is 3. The van der Waals surface area contributed by atoms with Crippen molar-refractivity contribution in [3.8, 4) is 0 Å². The molecule has 1 aromatic carbocycles. The van der Waals surface area contributed by atoms with Crippen molar-refractivity contribution in [2.24, 2.45) is 0 Å². The maximum atomic E-state index is 14.5. The number of aromatic nitrogens is 1. The lowest BCUT2D eigenvalue weighted by Crippen LogP contribution is -2.35. The molecular formula is C24H29FN2O5S. The largest absolute Gasteiger partial charge is 0.476 e. The first-order valence-corrected chi connectivity index (χ1v) is 12.1. The number of aryl methyl sites for hydroxylation is 1. The third kappa shape index (κ3) is 7.56. The number of carboxylic acid groups (broad SMARTS) is 1. The van der Waals surface area contributed by atoms with E-state index in [-0.39, 0.29) is 36.8 Å². The Morgan fingerprint density at radius 2 is 1.94 bits per heavy atom. The number of esters is 1. The zero-order valence-corrected chi connectivity index (χ0v) is 19.9. The Bertz CT molecular complexity index is 999. The number of ether oxygens (including phenoxy) is 1. The van der Waals surface area contributed by atoms with Gasteiger partial charge in [-0.2, -0.15) is 11.8 Å². The predicted octanol–water partition coefficient (Wildman–Crippen LogP) is 4.11. The van der Waals surface area contributed by atoms with Crippen molar-refractivity contribution in [2.75, 3.05) is 30.1 Å². The highest BCUT2D eigenvalue weighted by Gasteiger charge is 2.25. The number of pyridine rings is 1. The lowest BCUT2D eigenvalue weighted by Gasteiger charge is -2.24. The summed E-state index contributed by atoms with van der Waals surface area (Å²) in [6, 6.07) is 6.55. The van der Waals surface area contributed by atoms with Crippen molar-refractivity contribution in [1.29, 1.82) is 0 Å². The first kappa shape index (κ1) is 26.3. The van der Waals surface area contributed by atoms with E-state index in [1.54, 1.807) is 24.8 Å². The minimum absolute atomic E-state index is 0.0842. The minimum Gasteiger partial charge on any atom is -0.476 e. The van der Waals surface area contributed by atoms with Crippen molar-refractivity contribution < 1.29 is 28.6 Å². The van der Waals surface area contributed by atoms with Crippen LogP contribution in [-0.4, -0.2) is 53.1 Å². The highest BCUT2D eigenvalue weighted by Crippen LogP contribution is 2.25. The maximum Gasteiger partial charge on any atom is 0.356 e. The molecule has 0 spiro atoms. The Labute approximate surface area is 197 Å². The van der Waals surface area contributed by atoms with Gasteiger partial charge in [0.2, 0.25) is 5.91 Å². The topological polar surface area (TPSA) is 96.8 Å². The smallest absolute Gasteiger partial charge is 0.356 e. The molecule has 9 heteroatoms. The number of hydrogen-bond acceptors (Lipinski definition) is 6. The van der Waals surface area contributed by atoms with Crippen LogP contribution in [0, 0.1) is 5.82 Å². The lowest BCUT2D eigenvalue weighted by molar-refractivity contribution is -0.145. The molecule has 2 aromatic rings. The Balaban J connectivity index is 2.43. The van der Waals surface area contributed by atoms with Crippen LogP contribution < -0.4 is 4.90 Å². The van der Waals surface area contributed by atoms with E-state index in [1.165, 1.54) is 23.2 Å². The molecule has 0 aliphatic heterocycles. The van der Waals surface area contributed by atoms with E-state index in [4.69, 9.17) is 4.74 Å². The van der Waals surface area contributed by atoms with Gasteiger partial charge in [0.25, 0.3) is 0 Å². The third-order valence-electron chi connectivity index (χ3n) is 4.97. The van der Waals surface area contributed by atoms with Crippen molar-refractivity contribution in [3.05, 3.63) is 58.7 Å². The molecule has 0 fully saturated rings. The molecule has 2 rings (SSSR count). The zero-order valence-electron chi connectivity index (χ0n) is 19.1. The third-order valence-corrected chi connectivity index (χ3v) is 5.67. The van der Waals surface area contributed by atoms with Gasteiger partial charge in [-0.15, -0.1) is 0 Å². The number of nitrogens with zero attached hydrogens (tertiary/aromatic N) is 2. The fourth-order valence-electron chi connectivity index (χ4n) is 3.31. The van der Waals surface area contributed by atoms with Crippen LogP contribution in [0.3, 0.4) is 0 Å². The Morgan fingerprint density at radius 3 is 2.55 bits per heavy atom. The molecule has 1 aromatic heterocycles. The fraction of sp³-hybridized carbons (Fsp3) is 0.417. The van der Waals surface area contributed by atoms with Crippen LogP contribution in [0.1, 0.15) is 53.9 Å². The number of hydrogen-bond donors (Lipinski definition) is 1. The molecule has 1 heterocycles. The Hall–Kier alpha value is -2.94. The van der Waals surface area contributed by atoms with Gasteiger partial charge in [0.05, 0.1) is 12.3 Å². The van der Waals surface area contributed by atoms with E-state index in [9.17, 15) is 23.9 Å². The summed E-state index contributed by atoms with van der Waals surface area (Å²) in [6.45, 7) is 3.93. The number of thioether (sulfide) groups is 1. The van der Waals surface area contributed by atoms with Crippen LogP contribution in [0.5, 0.6) is 0 Å². The summed E-state index contributed by atoms with van der Waals surface area (Å²) >= 11 is 1.59. The Kier molecular flexibility index (Phi) is 10.3. The highest BCUT2D eigenvalue weighted by molar-refractivity contribution is 7.98. The van der Waals surface area contributed by atoms with E-state index in [0.717, 1.165) is 11.3 Å². The molecule has 0 aliphatic rings. The number of rotatable bonds is 12.